The Balaban J connectivity index is 1.97. The number of hydrogen-bond acceptors (Lipinski definition) is 2. The Bertz CT molecular complexity index is 230. The minimum atomic E-state index is -0.257. The van der Waals surface area contributed by atoms with E-state index in [-0.39, 0.29) is 11.9 Å². The number of ether oxygens (including phenoxy) is 2. The molecule has 0 N–H and O–H groups in total. The highest BCUT2D eigenvalue weighted by Crippen LogP contribution is 2.37. The van der Waals surface area contributed by atoms with Crippen molar-refractivity contribution in [2.24, 2.45) is 0 Å². The van der Waals surface area contributed by atoms with Gasteiger partial charge in [0.1, 0.15) is 6.10 Å². The van der Waals surface area contributed by atoms with Crippen LogP contribution in [0.4, 0.5) is 0 Å². The van der Waals surface area contributed by atoms with Crippen molar-refractivity contribution in [1.29, 1.82) is 0 Å². The zero-order chi connectivity index (χ0) is 9.15. The van der Waals surface area contributed by atoms with E-state index < -0.39 is 0 Å². The largest absolute Gasteiger partial charge is 0.346 e. The highest BCUT2D eigenvalue weighted by Gasteiger charge is 2.41. The lowest BCUT2D eigenvalue weighted by atomic mass is 9.94. The second-order valence-corrected chi connectivity index (χ2v) is 3.78. The molecule has 1 atom stereocenters. The molecule has 13 heavy (non-hydrogen) atoms. The first kappa shape index (κ1) is 9.05. The molecule has 1 heterocycles. The third kappa shape index (κ3) is 1.87. The summed E-state index contributed by atoms with van der Waals surface area (Å²) >= 11 is 0. The van der Waals surface area contributed by atoms with Crippen LogP contribution in [0.5, 0.6) is 0 Å². The van der Waals surface area contributed by atoms with Crippen LogP contribution in [-0.4, -0.2) is 18.5 Å². The maximum absolute atomic E-state index is 5.83. The fraction of sp³-hybridized carbons (Fsp3) is 0.818. The summed E-state index contributed by atoms with van der Waals surface area (Å²) < 4.78 is 11.6. The third-order valence-corrected chi connectivity index (χ3v) is 2.78. The van der Waals surface area contributed by atoms with Gasteiger partial charge in [-0.25, -0.2) is 0 Å². The van der Waals surface area contributed by atoms with E-state index in [2.05, 4.69) is 11.8 Å². The third-order valence-electron chi connectivity index (χ3n) is 2.78. The maximum atomic E-state index is 5.83. The summed E-state index contributed by atoms with van der Waals surface area (Å²) in [5, 5.41) is 0. The van der Waals surface area contributed by atoms with Crippen molar-refractivity contribution < 1.29 is 9.47 Å². The van der Waals surface area contributed by atoms with Crippen molar-refractivity contribution in [3.8, 4) is 11.8 Å². The standard InChI is InChI=1S/C11H16O2/c1-2-6-10-9-12-11(13-10)7-4-3-5-8-11/h10H,3-5,7-9H2,1H3/t10-/m1/s1. The molecule has 0 aromatic heterocycles. The Labute approximate surface area is 79.6 Å². The maximum Gasteiger partial charge on any atom is 0.170 e. The van der Waals surface area contributed by atoms with Crippen LogP contribution in [0, 0.1) is 11.8 Å². The van der Waals surface area contributed by atoms with Crippen molar-refractivity contribution in [3.05, 3.63) is 0 Å². The molecule has 1 spiro atoms. The summed E-state index contributed by atoms with van der Waals surface area (Å²) in [6.07, 6.45) is 5.89. The van der Waals surface area contributed by atoms with Gasteiger partial charge >= 0.3 is 0 Å². The highest BCUT2D eigenvalue weighted by molar-refractivity contribution is 5.05. The molecule has 0 amide bonds. The van der Waals surface area contributed by atoms with Crippen LogP contribution >= 0.6 is 0 Å². The molecule has 2 fully saturated rings. The molecule has 2 rings (SSSR count). The molecule has 2 heteroatoms. The summed E-state index contributed by atoms with van der Waals surface area (Å²) in [5.74, 6) is 5.64. The lowest BCUT2D eigenvalue weighted by Crippen LogP contribution is -2.33. The molecular weight excluding hydrogens is 164 g/mol. The Morgan fingerprint density at radius 1 is 1.23 bits per heavy atom. The van der Waals surface area contributed by atoms with Gasteiger partial charge in [0.05, 0.1) is 6.61 Å². The minimum absolute atomic E-state index is 0.0168. The first-order valence-electron chi connectivity index (χ1n) is 5.09. The molecule has 2 aliphatic rings. The van der Waals surface area contributed by atoms with Crippen LogP contribution in [-0.2, 0) is 9.47 Å². The summed E-state index contributed by atoms with van der Waals surface area (Å²) in [5.41, 5.74) is 0. The first-order chi connectivity index (χ1) is 6.35. The van der Waals surface area contributed by atoms with Crippen LogP contribution in [0.25, 0.3) is 0 Å². The number of hydrogen-bond donors (Lipinski definition) is 0. The summed E-state index contributed by atoms with van der Waals surface area (Å²) in [6.45, 7) is 2.50. The van der Waals surface area contributed by atoms with Gasteiger partial charge in [-0.15, -0.1) is 5.92 Å². The Kier molecular flexibility index (Phi) is 2.57. The van der Waals surface area contributed by atoms with E-state index in [1.807, 2.05) is 6.92 Å². The van der Waals surface area contributed by atoms with Crippen LogP contribution in [0.3, 0.4) is 0 Å². The summed E-state index contributed by atoms with van der Waals surface area (Å²) in [4.78, 5) is 0. The highest BCUT2D eigenvalue weighted by atomic mass is 16.7. The predicted octanol–water partition coefficient (Wildman–Crippen LogP) is 2.09. The molecule has 1 saturated heterocycles. The van der Waals surface area contributed by atoms with E-state index in [1.54, 1.807) is 0 Å². The Morgan fingerprint density at radius 2 is 2.00 bits per heavy atom. The van der Waals surface area contributed by atoms with Gasteiger partial charge in [0.2, 0.25) is 0 Å². The minimum Gasteiger partial charge on any atom is -0.346 e. The van der Waals surface area contributed by atoms with Gasteiger partial charge in [0.15, 0.2) is 5.79 Å². The lowest BCUT2D eigenvalue weighted by Gasteiger charge is -2.31. The normalized spacial score (nSPS) is 31.3. The van der Waals surface area contributed by atoms with Gasteiger partial charge in [-0.1, -0.05) is 12.3 Å². The Hall–Kier alpha value is -0.520. The van der Waals surface area contributed by atoms with Crippen molar-refractivity contribution >= 4 is 0 Å². The quantitative estimate of drug-likeness (QED) is 0.531. The zero-order valence-corrected chi connectivity index (χ0v) is 8.14. The molecule has 72 valence electrons. The molecule has 0 aromatic rings. The zero-order valence-electron chi connectivity index (χ0n) is 8.14. The van der Waals surface area contributed by atoms with Crippen molar-refractivity contribution in [2.75, 3.05) is 6.61 Å². The van der Waals surface area contributed by atoms with Crippen molar-refractivity contribution in [2.45, 2.75) is 50.9 Å². The van der Waals surface area contributed by atoms with E-state index in [1.165, 1.54) is 19.3 Å². The molecule has 0 aromatic carbocycles. The number of rotatable bonds is 0. The molecule has 1 aliphatic carbocycles. The summed E-state index contributed by atoms with van der Waals surface area (Å²) in [7, 11) is 0. The SMILES string of the molecule is CC#C[C@@H]1COC2(CCCCC2)O1. The van der Waals surface area contributed by atoms with Gasteiger partial charge in [-0.3, -0.25) is 0 Å². The molecule has 1 aliphatic heterocycles. The van der Waals surface area contributed by atoms with E-state index in [4.69, 9.17) is 9.47 Å². The fourth-order valence-corrected chi connectivity index (χ4v) is 2.14. The molecule has 0 radical (unpaired) electrons. The average molecular weight is 180 g/mol. The van der Waals surface area contributed by atoms with E-state index in [0.717, 1.165) is 12.8 Å². The predicted molar refractivity (Wildman–Crippen MR) is 50.1 cm³/mol. The van der Waals surface area contributed by atoms with Crippen LogP contribution in [0.1, 0.15) is 39.0 Å². The van der Waals surface area contributed by atoms with Gasteiger partial charge in [-0.05, 0) is 19.8 Å². The Morgan fingerprint density at radius 3 is 2.69 bits per heavy atom. The van der Waals surface area contributed by atoms with Crippen LogP contribution in [0.15, 0.2) is 0 Å². The van der Waals surface area contributed by atoms with Gasteiger partial charge < -0.3 is 9.47 Å². The topological polar surface area (TPSA) is 18.5 Å². The van der Waals surface area contributed by atoms with E-state index in [0.29, 0.717) is 6.61 Å². The van der Waals surface area contributed by atoms with Crippen molar-refractivity contribution in [3.63, 3.8) is 0 Å². The van der Waals surface area contributed by atoms with Crippen LogP contribution < -0.4 is 0 Å². The molecule has 0 unspecified atom stereocenters. The van der Waals surface area contributed by atoms with Crippen molar-refractivity contribution in [1.82, 2.24) is 0 Å². The first-order valence-corrected chi connectivity index (χ1v) is 5.09. The second-order valence-electron chi connectivity index (χ2n) is 3.78. The van der Waals surface area contributed by atoms with Gasteiger partial charge in [-0.2, -0.15) is 0 Å². The lowest BCUT2D eigenvalue weighted by molar-refractivity contribution is -0.182. The molecule has 2 nitrogen and oxygen atoms in total. The summed E-state index contributed by atoms with van der Waals surface area (Å²) in [6, 6.07) is 0. The monoisotopic (exact) mass is 180 g/mol. The second kappa shape index (κ2) is 3.69. The fourth-order valence-electron chi connectivity index (χ4n) is 2.14. The van der Waals surface area contributed by atoms with E-state index in [9.17, 15) is 0 Å². The van der Waals surface area contributed by atoms with E-state index >= 15 is 0 Å². The van der Waals surface area contributed by atoms with Gasteiger partial charge in [0.25, 0.3) is 0 Å². The average Bonchev–Trinajstić information content (AvgIpc) is 2.51. The molecule has 0 bridgehead atoms. The molecule has 1 saturated carbocycles. The van der Waals surface area contributed by atoms with Gasteiger partial charge in [0, 0.05) is 12.8 Å². The smallest absolute Gasteiger partial charge is 0.170 e. The van der Waals surface area contributed by atoms with Crippen LogP contribution in [0.2, 0.25) is 0 Å². The molecular formula is C11H16O2.